The molecule has 0 radical (unpaired) electrons. The topological polar surface area (TPSA) is 102 Å². The number of carbonyl (C=O) groups excluding carboxylic acids is 1. The number of hydrogen-bond acceptors (Lipinski definition) is 5. The van der Waals surface area contributed by atoms with E-state index >= 15 is 0 Å². The second-order valence-corrected chi connectivity index (χ2v) is 10.4. The Hall–Kier alpha value is -3.59. The van der Waals surface area contributed by atoms with E-state index in [4.69, 9.17) is 10.5 Å². The van der Waals surface area contributed by atoms with E-state index in [9.17, 15) is 17.6 Å². The van der Waals surface area contributed by atoms with Crippen molar-refractivity contribution < 1.29 is 22.3 Å². The van der Waals surface area contributed by atoms with Crippen LogP contribution >= 0.6 is 0 Å². The first-order valence-corrected chi connectivity index (χ1v) is 13.0. The van der Waals surface area contributed by atoms with Crippen molar-refractivity contribution in [1.82, 2.24) is 5.32 Å². The monoisotopic (exact) mass is 499 g/mol. The maximum absolute atomic E-state index is 13.2. The third kappa shape index (κ3) is 7.19. The van der Waals surface area contributed by atoms with Gasteiger partial charge in [0.2, 0.25) is 10.0 Å². The molecule has 1 atom stereocenters. The summed E-state index contributed by atoms with van der Waals surface area (Å²) in [6.07, 6.45) is 2.49. The fraction of sp³-hybridized carbons (Fsp3) is 0.269. The number of carbonyl (C=O) groups is 1. The van der Waals surface area contributed by atoms with Gasteiger partial charge in [0, 0.05) is 24.4 Å². The molecule has 0 spiro atoms. The maximum atomic E-state index is 13.2. The van der Waals surface area contributed by atoms with Crippen molar-refractivity contribution in [2.24, 2.45) is 0 Å². The van der Waals surface area contributed by atoms with Crippen LogP contribution in [0.25, 0.3) is 0 Å². The Morgan fingerprint density at radius 3 is 2.46 bits per heavy atom. The van der Waals surface area contributed by atoms with Crippen LogP contribution in [0.2, 0.25) is 0 Å². The summed E-state index contributed by atoms with van der Waals surface area (Å²) in [6, 6.07) is 17.7. The summed E-state index contributed by atoms with van der Waals surface area (Å²) in [5, 5.41) is 2.86. The molecular formula is C26H30FN3O4S. The fourth-order valence-corrected chi connectivity index (χ4v) is 3.99. The Morgan fingerprint density at radius 2 is 1.80 bits per heavy atom. The number of halogens is 1. The first-order chi connectivity index (χ1) is 16.5. The molecule has 3 aromatic rings. The number of nitrogen functional groups attached to an aromatic ring is 1. The highest BCUT2D eigenvalue weighted by Gasteiger charge is 2.18. The normalized spacial score (nSPS) is 12.1. The molecule has 3 aromatic carbocycles. The summed E-state index contributed by atoms with van der Waals surface area (Å²) in [7, 11) is -2.14. The van der Waals surface area contributed by atoms with E-state index in [1.807, 2.05) is 24.3 Å². The lowest BCUT2D eigenvalue weighted by Crippen LogP contribution is -2.28. The van der Waals surface area contributed by atoms with E-state index in [2.05, 4.69) is 5.32 Å². The highest BCUT2D eigenvalue weighted by atomic mass is 32.2. The summed E-state index contributed by atoms with van der Waals surface area (Å²) in [5.74, 6) is -0.397. The summed E-state index contributed by atoms with van der Waals surface area (Å²) in [4.78, 5) is 13.0. The zero-order valence-electron chi connectivity index (χ0n) is 20.0. The Balaban J connectivity index is 1.76. The van der Waals surface area contributed by atoms with Gasteiger partial charge in [-0.1, -0.05) is 30.3 Å². The lowest BCUT2D eigenvalue weighted by atomic mass is 10.1. The third-order valence-electron chi connectivity index (χ3n) is 5.65. The Bertz CT molecular complexity index is 1280. The summed E-state index contributed by atoms with van der Waals surface area (Å²) in [6.45, 7) is 2.14. The van der Waals surface area contributed by atoms with Gasteiger partial charge >= 0.3 is 0 Å². The van der Waals surface area contributed by atoms with E-state index in [1.165, 1.54) is 25.2 Å². The summed E-state index contributed by atoms with van der Waals surface area (Å²) < 4.78 is 44.4. The molecule has 3 N–H and O–H groups in total. The number of sulfonamides is 1. The van der Waals surface area contributed by atoms with E-state index in [-0.39, 0.29) is 17.4 Å². The van der Waals surface area contributed by atoms with Crippen LogP contribution in [0.4, 0.5) is 15.8 Å². The predicted molar refractivity (Wildman–Crippen MR) is 137 cm³/mol. The molecule has 0 saturated carbocycles. The minimum absolute atomic E-state index is 0.245. The van der Waals surface area contributed by atoms with Crippen molar-refractivity contribution in [3.05, 3.63) is 89.2 Å². The van der Waals surface area contributed by atoms with Gasteiger partial charge in [0.1, 0.15) is 11.6 Å². The zero-order valence-corrected chi connectivity index (χ0v) is 20.8. The van der Waals surface area contributed by atoms with Crippen molar-refractivity contribution in [3.8, 4) is 5.75 Å². The second kappa shape index (κ2) is 11.2. The number of nitrogens with zero attached hydrogens (tertiary/aromatic N) is 1. The molecule has 0 bridgehead atoms. The molecule has 0 saturated heterocycles. The molecule has 0 heterocycles. The standard InChI is InChI=1S/C26H30FN3O4S/c1-18(19-10-12-22(27)13-11-19)29-26(31)21-15-23(30(2)35(3,32)33)17-24(16-21)34-14-6-8-20-7-4-5-9-25(20)28/h4-5,7,9-13,15-18H,6,8,14,28H2,1-3H3,(H,29,31). The lowest BCUT2D eigenvalue weighted by molar-refractivity contribution is 0.0939. The van der Waals surface area contributed by atoms with Crippen LogP contribution in [0.3, 0.4) is 0 Å². The number of nitrogens with two attached hydrogens (primary N) is 1. The van der Waals surface area contributed by atoms with Gasteiger partial charge in [0.15, 0.2) is 0 Å². The van der Waals surface area contributed by atoms with Crippen molar-refractivity contribution in [3.63, 3.8) is 0 Å². The van der Waals surface area contributed by atoms with Gasteiger partial charge in [0.05, 0.1) is 24.6 Å². The molecule has 9 heteroatoms. The largest absolute Gasteiger partial charge is 0.493 e. The van der Waals surface area contributed by atoms with Gasteiger partial charge in [-0.05, 0) is 61.2 Å². The van der Waals surface area contributed by atoms with Crippen molar-refractivity contribution >= 4 is 27.3 Å². The molecule has 7 nitrogen and oxygen atoms in total. The molecule has 0 aliphatic heterocycles. The number of rotatable bonds is 10. The molecular weight excluding hydrogens is 469 g/mol. The van der Waals surface area contributed by atoms with Crippen LogP contribution in [0.1, 0.15) is 40.9 Å². The average Bonchev–Trinajstić information content (AvgIpc) is 2.82. The number of hydrogen-bond donors (Lipinski definition) is 2. The quantitative estimate of drug-likeness (QED) is 0.320. The molecule has 186 valence electrons. The van der Waals surface area contributed by atoms with E-state index in [0.29, 0.717) is 24.5 Å². The van der Waals surface area contributed by atoms with Gasteiger partial charge in [-0.3, -0.25) is 9.10 Å². The lowest BCUT2D eigenvalue weighted by Gasteiger charge is -2.20. The number of nitrogens with one attached hydrogen (secondary N) is 1. The number of para-hydroxylation sites is 1. The molecule has 35 heavy (non-hydrogen) atoms. The Kier molecular flexibility index (Phi) is 8.34. The van der Waals surface area contributed by atoms with E-state index in [0.717, 1.165) is 33.8 Å². The van der Waals surface area contributed by atoms with Crippen molar-refractivity contribution in [1.29, 1.82) is 0 Å². The number of anilines is 2. The first kappa shape index (κ1) is 26.0. The molecule has 1 amide bonds. The van der Waals surface area contributed by atoms with Gasteiger partial charge in [0.25, 0.3) is 5.91 Å². The minimum Gasteiger partial charge on any atom is -0.493 e. The van der Waals surface area contributed by atoms with Crippen LogP contribution < -0.4 is 20.1 Å². The van der Waals surface area contributed by atoms with Gasteiger partial charge < -0.3 is 15.8 Å². The SMILES string of the molecule is CC(NC(=O)c1cc(OCCCc2ccccc2N)cc(N(C)S(C)(=O)=O)c1)c1ccc(F)cc1. The smallest absolute Gasteiger partial charge is 0.251 e. The molecule has 0 aromatic heterocycles. The Labute approximate surface area is 205 Å². The van der Waals surface area contributed by atoms with Crippen LogP contribution in [-0.2, 0) is 16.4 Å². The number of benzene rings is 3. The molecule has 0 fully saturated rings. The highest BCUT2D eigenvalue weighted by molar-refractivity contribution is 7.92. The number of ether oxygens (including phenoxy) is 1. The van der Waals surface area contributed by atoms with Gasteiger partial charge in [-0.25, -0.2) is 12.8 Å². The Morgan fingerprint density at radius 1 is 1.11 bits per heavy atom. The van der Waals surface area contributed by atoms with Crippen LogP contribution in [-0.4, -0.2) is 34.2 Å². The molecule has 3 rings (SSSR count). The second-order valence-electron chi connectivity index (χ2n) is 8.34. The summed E-state index contributed by atoms with van der Waals surface area (Å²) >= 11 is 0. The van der Waals surface area contributed by atoms with Gasteiger partial charge in [-0.2, -0.15) is 0 Å². The minimum atomic E-state index is -3.55. The maximum Gasteiger partial charge on any atom is 0.251 e. The van der Waals surface area contributed by atoms with Gasteiger partial charge in [-0.15, -0.1) is 0 Å². The molecule has 0 aliphatic rings. The number of amides is 1. The van der Waals surface area contributed by atoms with Crippen molar-refractivity contribution in [2.45, 2.75) is 25.8 Å². The number of aryl methyl sites for hydroxylation is 1. The van der Waals surface area contributed by atoms with E-state index in [1.54, 1.807) is 31.2 Å². The first-order valence-electron chi connectivity index (χ1n) is 11.2. The van der Waals surface area contributed by atoms with Crippen LogP contribution in [0.15, 0.2) is 66.7 Å². The third-order valence-corrected chi connectivity index (χ3v) is 6.85. The highest BCUT2D eigenvalue weighted by Crippen LogP contribution is 2.26. The van der Waals surface area contributed by atoms with Crippen LogP contribution in [0.5, 0.6) is 5.75 Å². The zero-order chi connectivity index (χ0) is 25.6. The molecule has 1 unspecified atom stereocenters. The van der Waals surface area contributed by atoms with E-state index < -0.39 is 15.9 Å². The van der Waals surface area contributed by atoms with Crippen LogP contribution in [0, 0.1) is 5.82 Å². The molecule has 0 aliphatic carbocycles. The fourth-order valence-electron chi connectivity index (χ4n) is 3.50. The predicted octanol–water partition coefficient (Wildman–Crippen LogP) is 4.31. The summed E-state index contributed by atoms with van der Waals surface area (Å²) in [5.41, 5.74) is 9.01. The average molecular weight is 500 g/mol. The van der Waals surface area contributed by atoms with Crippen molar-refractivity contribution in [2.75, 3.05) is 29.9 Å².